The average molecular weight is 309 g/mol. The van der Waals surface area contributed by atoms with Crippen LogP contribution in [0.3, 0.4) is 0 Å². The number of rotatable bonds is 2. The number of hydrogen-bond acceptors (Lipinski definition) is 3. The molecular weight excluding hydrogens is 294 g/mol. The summed E-state index contributed by atoms with van der Waals surface area (Å²) in [4.78, 5) is 0. The lowest BCUT2D eigenvalue weighted by molar-refractivity contribution is 1.37. The molecule has 0 amide bonds. The molecule has 0 saturated heterocycles. The van der Waals surface area contributed by atoms with E-state index >= 15 is 0 Å². The summed E-state index contributed by atoms with van der Waals surface area (Å²) in [5.74, 6) is 0. The summed E-state index contributed by atoms with van der Waals surface area (Å²) in [7, 11) is 0. The van der Waals surface area contributed by atoms with Gasteiger partial charge in [-0.3, -0.25) is 0 Å². The zero-order valence-corrected chi connectivity index (χ0v) is 13.2. The van der Waals surface area contributed by atoms with Crippen molar-refractivity contribution in [2.45, 2.75) is 6.92 Å². The second-order valence-electron chi connectivity index (χ2n) is 5.57. The predicted octanol–water partition coefficient (Wildman–Crippen LogP) is 4.65. The summed E-state index contributed by atoms with van der Waals surface area (Å²) in [6.45, 7) is 1.83. The minimum absolute atomic E-state index is 0.252. The maximum absolute atomic E-state index is 9.46. The summed E-state index contributed by atoms with van der Waals surface area (Å²) in [6, 6.07) is 24.2. The van der Waals surface area contributed by atoms with Gasteiger partial charge in [-0.2, -0.15) is 10.5 Å². The number of nitrogens with zero attached hydrogens (tertiary/aromatic N) is 2. The molecule has 0 radical (unpaired) electrons. The van der Waals surface area contributed by atoms with Gasteiger partial charge in [0.15, 0.2) is 0 Å². The molecule has 0 bridgehead atoms. The Hall–Kier alpha value is -3.56. The second kappa shape index (κ2) is 6.28. The van der Waals surface area contributed by atoms with E-state index in [-0.39, 0.29) is 5.69 Å². The molecule has 0 aliphatic heterocycles. The zero-order valence-electron chi connectivity index (χ0n) is 13.2. The normalized spacial score (nSPS) is 9.96. The van der Waals surface area contributed by atoms with E-state index in [1.54, 1.807) is 0 Å². The Balaban J connectivity index is 2.11. The van der Waals surface area contributed by atoms with E-state index in [1.807, 2.05) is 55.5 Å². The average Bonchev–Trinajstić information content (AvgIpc) is 2.62. The molecule has 0 fully saturated rings. The summed E-state index contributed by atoms with van der Waals surface area (Å²) in [5, 5.41) is 18.7. The fourth-order valence-electron chi connectivity index (χ4n) is 2.81. The molecule has 0 saturated carbocycles. The van der Waals surface area contributed by atoms with Crippen LogP contribution < -0.4 is 5.73 Å². The highest BCUT2D eigenvalue weighted by atomic mass is 14.6. The lowest BCUT2D eigenvalue weighted by Gasteiger charge is -2.12. The predicted molar refractivity (Wildman–Crippen MR) is 95.9 cm³/mol. The molecule has 3 nitrogen and oxygen atoms in total. The molecule has 0 spiro atoms. The number of nitrogen functional groups attached to an aromatic ring is 1. The Morgan fingerprint density at radius 3 is 1.88 bits per heavy atom. The van der Waals surface area contributed by atoms with Gasteiger partial charge in [-0.15, -0.1) is 0 Å². The topological polar surface area (TPSA) is 73.6 Å². The van der Waals surface area contributed by atoms with Crippen LogP contribution in [0.5, 0.6) is 0 Å². The molecule has 3 aromatic rings. The first-order valence-corrected chi connectivity index (χ1v) is 7.55. The third-order valence-electron chi connectivity index (χ3n) is 4.09. The van der Waals surface area contributed by atoms with Crippen molar-refractivity contribution in [3.63, 3.8) is 0 Å². The lowest BCUT2D eigenvalue weighted by atomic mass is 9.92. The van der Waals surface area contributed by atoms with Gasteiger partial charge in [-0.05, 0) is 35.2 Å². The summed E-state index contributed by atoms with van der Waals surface area (Å²) >= 11 is 0. The summed E-state index contributed by atoms with van der Waals surface area (Å²) in [5.41, 5.74) is 11.7. The lowest BCUT2D eigenvalue weighted by Crippen LogP contribution is -2.00. The van der Waals surface area contributed by atoms with Crippen molar-refractivity contribution in [3.05, 3.63) is 77.4 Å². The molecule has 0 unspecified atom stereocenters. The van der Waals surface area contributed by atoms with Crippen molar-refractivity contribution >= 4 is 5.69 Å². The number of anilines is 1. The minimum atomic E-state index is 0.252. The van der Waals surface area contributed by atoms with Crippen molar-refractivity contribution in [3.8, 4) is 34.4 Å². The molecule has 2 N–H and O–H groups in total. The van der Waals surface area contributed by atoms with E-state index < -0.39 is 0 Å². The number of benzene rings is 3. The van der Waals surface area contributed by atoms with Gasteiger partial charge < -0.3 is 5.73 Å². The minimum Gasteiger partial charge on any atom is -0.397 e. The molecule has 0 aliphatic rings. The highest BCUT2D eigenvalue weighted by molar-refractivity contribution is 5.82. The van der Waals surface area contributed by atoms with E-state index in [0.29, 0.717) is 11.1 Å². The maximum atomic E-state index is 9.46. The summed E-state index contributed by atoms with van der Waals surface area (Å²) < 4.78 is 0. The Bertz CT molecular complexity index is 973. The van der Waals surface area contributed by atoms with Gasteiger partial charge in [0.2, 0.25) is 0 Å². The smallest absolute Gasteiger partial charge is 0.102 e. The van der Waals surface area contributed by atoms with Crippen LogP contribution in [-0.2, 0) is 0 Å². The SMILES string of the molecule is Cc1cc(-c2ccc(-c3ccccc3)cc2)c(C#N)c(N)c1C#N. The first-order chi connectivity index (χ1) is 11.7. The van der Waals surface area contributed by atoms with E-state index in [0.717, 1.165) is 27.8 Å². The molecule has 3 heteroatoms. The van der Waals surface area contributed by atoms with Crippen LogP contribution in [0.25, 0.3) is 22.3 Å². The van der Waals surface area contributed by atoms with Crippen molar-refractivity contribution < 1.29 is 0 Å². The van der Waals surface area contributed by atoms with Gasteiger partial charge >= 0.3 is 0 Å². The van der Waals surface area contributed by atoms with Crippen molar-refractivity contribution in [2.24, 2.45) is 0 Å². The first kappa shape index (κ1) is 15.3. The van der Waals surface area contributed by atoms with Crippen molar-refractivity contribution in [2.75, 3.05) is 5.73 Å². The molecule has 24 heavy (non-hydrogen) atoms. The monoisotopic (exact) mass is 309 g/mol. The standard InChI is InChI=1S/C21H15N3/c1-14-11-18(20(13-23)21(24)19(14)12-22)17-9-7-16(8-10-17)15-5-3-2-4-6-15/h2-11H,24H2,1H3. The van der Waals surface area contributed by atoms with Gasteiger partial charge in [-0.1, -0.05) is 54.6 Å². The maximum Gasteiger partial charge on any atom is 0.102 e. The highest BCUT2D eigenvalue weighted by Gasteiger charge is 2.15. The van der Waals surface area contributed by atoms with E-state index in [9.17, 15) is 10.5 Å². The van der Waals surface area contributed by atoms with Crippen molar-refractivity contribution in [1.82, 2.24) is 0 Å². The fourth-order valence-corrected chi connectivity index (χ4v) is 2.81. The number of nitriles is 2. The molecular formula is C21H15N3. The fraction of sp³-hybridized carbons (Fsp3) is 0.0476. The Kier molecular flexibility index (Phi) is 4.01. The van der Waals surface area contributed by atoms with Crippen LogP contribution in [0, 0.1) is 29.6 Å². The second-order valence-corrected chi connectivity index (χ2v) is 5.57. The van der Waals surface area contributed by atoms with Gasteiger partial charge in [0.05, 0.1) is 16.8 Å². The van der Waals surface area contributed by atoms with Crippen LogP contribution in [0.2, 0.25) is 0 Å². The number of nitrogens with two attached hydrogens (primary N) is 1. The van der Waals surface area contributed by atoms with E-state index in [4.69, 9.17) is 5.73 Å². The van der Waals surface area contributed by atoms with Gasteiger partial charge in [0, 0.05) is 5.56 Å². The molecule has 3 aromatic carbocycles. The molecule has 0 aromatic heterocycles. The Labute approximate surface area is 141 Å². The van der Waals surface area contributed by atoms with E-state index in [1.165, 1.54) is 0 Å². The van der Waals surface area contributed by atoms with E-state index in [2.05, 4.69) is 24.3 Å². The van der Waals surface area contributed by atoms with Gasteiger partial charge in [0.1, 0.15) is 12.1 Å². The molecule has 0 aliphatic carbocycles. The highest BCUT2D eigenvalue weighted by Crippen LogP contribution is 2.33. The zero-order chi connectivity index (χ0) is 17.1. The number of hydrogen-bond donors (Lipinski definition) is 1. The summed E-state index contributed by atoms with van der Waals surface area (Å²) in [6.07, 6.45) is 0. The quantitative estimate of drug-likeness (QED) is 0.700. The molecule has 0 heterocycles. The van der Waals surface area contributed by atoms with Gasteiger partial charge in [-0.25, -0.2) is 0 Å². The Morgan fingerprint density at radius 2 is 1.29 bits per heavy atom. The third-order valence-corrected chi connectivity index (χ3v) is 4.09. The third kappa shape index (κ3) is 2.60. The number of aryl methyl sites for hydroxylation is 1. The van der Waals surface area contributed by atoms with Crippen molar-refractivity contribution in [1.29, 1.82) is 10.5 Å². The molecule has 3 rings (SSSR count). The van der Waals surface area contributed by atoms with Crippen LogP contribution in [0.4, 0.5) is 5.69 Å². The molecule has 114 valence electrons. The van der Waals surface area contributed by atoms with Crippen LogP contribution in [-0.4, -0.2) is 0 Å². The Morgan fingerprint density at radius 1 is 0.750 bits per heavy atom. The van der Waals surface area contributed by atoms with Gasteiger partial charge in [0.25, 0.3) is 0 Å². The van der Waals surface area contributed by atoms with Crippen LogP contribution >= 0.6 is 0 Å². The first-order valence-electron chi connectivity index (χ1n) is 7.55. The molecule has 0 atom stereocenters. The largest absolute Gasteiger partial charge is 0.397 e. The van der Waals surface area contributed by atoms with Crippen LogP contribution in [0.1, 0.15) is 16.7 Å². The van der Waals surface area contributed by atoms with Crippen LogP contribution in [0.15, 0.2) is 60.7 Å².